The maximum absolute atomic E-state index is 10.8. The zero-order valence-corrected chi connectivity index (χ0v) is 9.00. The van der Waals surface area contributed by atoms with Gasteiger partial charge in [-0.15, -0.1) is 0 Å². The number of hydrogen-bond donors (Lipinski definition) is 1. The van der Waals surface area contributed by atoms with E-state index in [0.717, 1.165) is 6.42 Å². The first-order valence-electron chi connectivity index (χ1n) is 4.80. The third kappa shape index (κ3) is 4.71. The van der Waals surface area contributed by atoms with Gasteiger partial charge in [-0.1, -0.05) is 26.0 Å². The third-order valence-corrected chi connectivity index (χ3v) is 2.11. The van der Waals surface area contributed by atoms with Gasteiger partial charge in [0, 0.05) is 0 Å². The van der Waals surface area contributed by atoms with Crippen LogP contribution >= 0.6 is 0 Å². The Bertz CT molecular complexity index is 192. The maximum Gasteiger partial charge on any atom is 0.309 e. The summed E-state index contributed by atoms with van der Waals surface area (Å²) >= 11 is 0. The summed E-state index contributed by atoms with van der Waals surface area (Å²) in [5.41, 5.74) is -0.614. The molecule has 0 heterocycles. The Morgan fingerprint density at radius 3 is 2.46 bits per heavy atom. The van der Waals surface area contributed by atoms with Crippen molar-refractivity contribution in [3.63, 3.8) is 0 Å². The SMILES string of the molecule is CCC=CC(C)CC(C)(C)C(=O)O. The van der Waals surface area contributed by atoms with Crippen LogP contribution in [0.5, 0.6) is 0 Å². The van der Waals surface area contributed by atoms with Crippen LogP contribution in [-0.2, 0) is 4.79 Å². The van der Waals surface area contributed by atoms with Crippen molar-refractivity contribution in [3.05, 3.63) is 12.2 Å². The summed E-state index contributed by atoms with van der Waals surface area (Å²) in [6.07, 6.45) is 5.88. The minimum atomic E-state index is -0.718. The molecule has 0 rings (SSSR count). The molecule has 0 aliphatic heterocycles. The summed E-state index contributed by atoms with van der Waals surface area (Å²) in [6, 6.07) is 0. The second-order valence-electron chi connectivity index (χ2n) is 4.21. The number of allylic oxidation sites excluding steroid dienone is 2. The van der Waals surface area contributed by atoms with Crippen molar-refractivity contribution in [2.75, 3.05) is 0 Å². The Morgan fingerprint density at radius 2 is 2.08 bits per heavy atom. The molecule has 0 saturated heterocycles. The summed E-state index contributed by atoms with van der Waals surface area (Å²) in [5, 5.41) is 8.89. The number of carboxylic acid groups (broad SMARTS) is 1. The largest absolute Gasteiger partial charge is 0.481 e. The molecule has 0 aromatic carbocycles. The summed E-state index contributed by atoms with van der Waals surface area (Å²) in [6.45, 7) is 7.67. The topological polar surface area (TPSA) is 37.3 Å². The van der Waals surface area contributed by atoms with Gasteiger partial charge >= 0.3 is 5.97 Å². The standard InChI is InChI=1S/C11H20O2/c1-5-6-7-9(2)8-11(3,4)10(12)13/h6-7,9H,5,8H2,1-4H3,(H,12,13). The van der Waals surface area contributed by atoms with Gasteiger partial charge in [-0.05, 0) is 32.6 Å². The molecule has 0 aromatic heterocycles. The van der Waals surface area contributed by atoms with E-state index in [1.54, 1.807) is 13.8 Å². The molecule has 1 unspecified atom stereocenters. The van der Waals surface area contributed by atoms with Crippen molar-refractivity contribution in [1.29, 1.82) is 0 Å². The van der Waals surface area contributed by atoms with Crippen molar-refractivity contribution in [2.24, 2.45) is 11.3 Å². The molecule has 0 fully saturated rings. The first kappa shape index (κ1) is 12.2. The smallest absolute Gasteiger partial charge is 0.309 e. The Balaban J connectivity index is 4.11. The Labute approximate surface area is 80.7 Å². The third-order valence-electron chi connectivity index (χ3n) is 2.11. The molecule has 13 heavy (non-hydrogen) atoms. The van der Waals surface area contributed by atoms with E-state index in [1.807, 2.05) is 0 Å². The van der Waals surface area contributed by atoms with E-state index in [2.05, 4.69) is 26.0 Å². The van der Waals surface area contributed by atoms with Crippen LogP contribution in [0.1, 0.15) is 40.5 Å². The monoisotopic (exact) mass is 184 g/mol. The Kier molecular flexibility index (Phi) is 4.74. The van der Waals surface area contributed by atoms with Crippen molar-refractivity contribution in [1.82, 2.24) is 0 Å². The molecular weight excluding hydrogens is 164 g/mol. The molecule has 0 amide bonds. The number of carbonyl (C=O) groups is 1. The van der Waals surface area contributed by atoms with Gasteiger partial charge in [0.2, 0.25) is 0 Å². The van der Waals surface area contributed by atoms with Gasteiger partial charge in [-0.3, -0.25) is 4.79 Å². The molecule has 0 aliphatic rings. The summed E-state index contributed by atoms with van der Waals surface area (Å²) < 4.78 is 0. The lowest BCUT2D eigenvalue weighted by atomic mass is 9.83. The van der Waals surface area contributed by atoms with E-state index >= 15 is 0 Å². The van der Waals surface area contributed by atoms with Gasteiger partial charge in [0.15, 0.2) is 0 Å². The first-order chi connectivity index (χ1) is 5.90. The molecule has 2 heteroatoms. The minimum Gasteiger partial charge on any atom is -0.481 e. The highest BCUT2D eigenvalue weighted by Gasteiger charge is 2.28. The second-order valence-corrected chi connectivity index (χ2v) is 4.21. The Hall–Kier alpha value is -0.790. The van der Waals surface area contributed by atoms with Crippen LogP contribution in [0.4, 0.5) is 0 Å². The number of hydrogen-bond acceptors (Lipinski definition) is 1. The van der Waals surface area contributed by atoms with Gasteiger partial charge in [-0.2, -0.15) is 0 Å². The van der Waals surface area contributed by atoms with Crippen LogP contribution in [0.2, 0.25) is 0 Å². The first-order valence-corrected chi connectivity index (χ1v) is 4.80. The van der Waals surface area contributed by atoms with Crippen LogP contribution in [0.3, 0.4) is 0 Å². The zero-order chi connectivity index (χ0) is 10.5. The molecular formula is C11H20O2. The highest BCUT2D eigenvalue weighted by molar-refractivity contribution is 5.73. The molecule has 1 atom stereocenters. The minimum absolute atomic E-state index is 0.339. The van der Waals surface area contributed by atoms with E-state index in [0.29, 0.717) is 12.3 Å². The quantitative estimate of drug-likeness (QED) is 0.667. The summed E-state index contributed by atoms with van der Waals surface area (Å²) in [7, 11) is 0. The van der Waals surface area contributed by atoms with Gasteiger partial charge in [0.25, 0.3) is 0 Å². The average Bonchev–Trinajstić information content (AvgIpc) is 1.99. The summed E-state index contributed by atoms with van der Waals surface area (Å²) in [5.74, 6) is -0.379. The highest BCUT2D eigenvalue weighted by atomic mass is 16.4. The lowest BCUT2D eigenvalue weighted by Gasteiger charge is -2.21. The van der Waals surface area contributed by atoms with Gasteiger partial charge in [0.1, 0.15) is 0 Å². The molecule has 76 valence electrons. The van der Waals surface area contributed by atoms with E-state index in [-0.39, 0.29) is 0 Å². The van der Waals surface area contributed by atoms with Crippen molar-refractivity contribution in [2.45, 2.75) is 40.5 Å². The fourth-order valence-corrected chi connectivity index (χ4v) is 1.33. The van der Waals surface area contributed by atoms with Crippen LogP contribution in [0, 0.1) is 11.3 Å². The van der Waals surface area contributed by atoms with Crippen LogP contribution in [-0.4, -0.2) is 11.1 Å². The highest BCUT2D eigenvalue weighted by Crippen LogP contribution is 2.26. The van der Waals surface area contributed by atoms with E-state index in [9.17, 15) is 4.79 Å². The van der Waals surface area contributed by atoms with Gasteiger partial charge in [-0.25, -0.2) is 0 Å². The molecule has 0 spiro atoms. The molecule has 0 aliphatic carbocycles. The molecule has 0 saturated carbocycles. The second kappa shape index (κ2) is 5.05. The van der Waals surface area contributed by atoms with Crippen molar-refractivity contribution in [3.8, 4) is 0 Å². The van der Waals surface area contributed by atoms with Gasteiger partial charge < -0.3 is 5.11 Å². The van der Waals surface area contributed by atoms with Gasteiger partial charge in [0.05, 0.1) is 5.41 Å². The lowest BCUT2D eigenvalue weighted by molar-refractivity contribution is -0.147. The molecule has 1 N–H and O–H groups in total. The predicted octanol–water partition coefficient (Wildman–Crippen LogP) is 3.09. The number of rotatable bonds is 5. The van der Waals surface area contributed by atoms with E-state index in [1.165, 1.54) is 0 Å². The van der Waals surface area contributed by atoms with Crippen molar-refractivity contribution < 1.29 is 9.90 Å². The maximum atomic E-state index is 10.8. The van der Waals surface area contributed by atoms with Crippen LogP contribution in [0.25, 0.3) is 0 Å². The number of carboxylic acids is 1. The fraction of sp³-hybridized carbons (Fsp3) is 0.727. The van der Waals surface area contributed by atoms with Crippen molar-refractivity contribution >= 4 is 5.97 Å². The molecule has 0 aromatic rings. The van der Waals surface area contributed by atoms with Crippen LogP contribution in [0.15, 0.2) is 12.2 Å². The normalized spacial score (nSPS) is 14.8. The zero-order valence-electron chi connectivity index (χ0n) is 9.00. The van der Waals surface area contributed by atoms with E-state index in [4.69, 9.17) is 5.11 Å². The fourth-order valence-electron chi connectivity index (χ4n) is 1.33. The van der Waals surface area contributed by atoms with E-state index < -0.39 is 11.4 Å². The predicted molar refractivity (Wildman–Crippen MR) is 54.6 cm³/mol. The average molecular weight is 184 g/mol. The molecule has 2 nitrogen and oxygen atoms in total. The lowest BCUT2D eigenvalue weighted by Crippen LogP contribution is -2.25. The molecule has 0 bridgehead atoms. The number of aliphatic carboxylic acids is 1. The molecule has 0 radical (unpaired) electrons. The Morgan fingerprint density at radius 1 is 1.54 bits per heavy atom. The van der Waals surface area contributed by atoms with Crippen LogP contribution < -0.4 is 0 Å². The summed E-state index contributed by atoms with van der Waals surface area (Å²) in [4.78, 5) is 10.8.